The summed E-state index contributed by atoms with van der Waals surface area (Å²) in [5.41, 5.74) is 0.457. The zero-order valence-corrected chi connectivity index (χ0v) is 11.7. The van der Waals surface area contributed by atoms with Crippen LogP contribution in [0.1, 0.15) is 12.4 Å². The summed E-state index contributed by atoms with van der Waals surface area (Å²) in [5, 5.41) is 13.8. The molecule has 0 radical (unpaired) electrons. The number of nitro benzene ring substituents is 1. The van der Waals surface area contributed by atoms with Crippen LogP contribution < -0.4 is 10.1 Å². The van der Waals surface area contributed by atoms with Crippen LogP contribution in [-0.4, -0.2) is 28.1 Å². The molecule has 7 nitrogen and oxygen atoms in total. The minimum atomic E-state index is -2.63. The van der Waals surface area contributed by atoms with E-state index in [4.69, 9.17) is 4.74 Å². The number of benzene rings is 1. The van der Waals surface area contributed by atoms with Gasteiger partial charge in [-0.2, -0.15) is 8.78 Å². The molecule has 0 atom stereocenters. The van der Waals surface area contributed by atoms with Gasteiger partial charge in [0.1, 0.15) is 5.82 Å². The number of alkyl halides is 2. The Morgan fingerprint density at radius 2 is 2.27 bits per heavy atom. The highest BCUT2D eigenvalue weighted by Gasteiger charge is 2.15. The molecule has 9 heteroatoms. The van der Waals surface area contributed by atoms with Crippen LogP contribution in [-0.2, 0) is 6.42 Å². The first kappa shape index (κ1) is 15.7. The van der Waals surface area contributed by atoms with Crippen LogP contribution in [0.3, 0.4) is 0 Å². The molecule has 0 fully saturated rings. The fourth-order valence-electron chi connectivity index (χ4n) is 1.97. The second-order valence-corrected chi connectivity index (χ2v) is 4.35. The molecule has 2 rings (SSSR count). The van der Waals surface area contributed by atoms with Gasteiger partial charge in [-0.3, -0.25) is 14.7 Å². The van der Waals surface area contributed by atoms with Gasteiger partial charge in [0, 0.05) is 43.2 Å². The van der Waals surface area contributed by atoms with E-state index in [9.17, 15) is 18.9 Å². The maximum Gasteiger partial charge on any atom is 0.319 e. The van der Waals surface area contributed by atoms with Crippen molar-refractivity contribution in [2.75, 3.05) is 19.0 Å². The van der Waals surface area contributed by atoms with Crippen LogP contribution in [0.25, 0.3) is 0 Å². The molecule has 118 valence electrons. The van der Waals surface area contributed by atoms with Crippen LogP contribution in [0.2, 0.25) is 0 Å². The van der Waals surface area contributed by atoms with Crippen molar-refractivity contribution >= 4 is 11.4 Å². The number of methoxy groups -OCH3 is 1. The van der Waals surface area contributed by atoms with Gasteiger partial charge in [-0.1, -0.05) is 0 Å². The Morgan fingerprint density at radius 3 is 2.91 bits per heavy atom. The second-order valence-electron chi connectivity index (χ2n) is 4.35. The van der Waals surface area contributed by atoms with Crippen molar-refractivity contribution in [3.8, 4) is 5.75 Å². The molecule has 0 aliphatic carbocycles. The van der Waals surface area contributed by atoms with Crippen LogP contribution in [0, 0.1) is 10.1 Å². The maximum absolute atomic E-state index is 12.7. The van der Waals surface area contributed by atoms with Gasteiger partial charge in [0.2, 0.25) is 0 Å². The van der Waals surface area contributed by atoms with Gasteiger partial charge >= 0.3 is 12.2 Å². The van der Waals surface area contributed by atoms with E-state index >= 15 is 0 Å². The van der Waals surface area contributed by atoms with Crippen LogP contribution in [0.4, 0.5) is 20.2 Å². The average molecular weight is 312 g/mol. The summed E-state index contributed by atoms with van der Waals surface area (Å²) in [6.45, 7) is -2.28. The van der Waals surface area contributed by atoms with E-state index in [2.05, 4.69) is 10.3 Å². The molecule has 0 amide bonds. The summed E-state index contributed by atoms with van der Waals surface area (Å²) in [6, 6.07) is 4.33. The quantitative estimate of drug-likeness (QED) is 0.628. The maximum atomic E-state index is 12.7. The molecule has 0 saturated heterocycles. The number of imidazole rings is 1. The highest BCUT2D eigenvalue weighted by molar-refractivity contribution is 5.57. The fourth-order valence-corrected chi connectivity index (χ4v) is 1.97. The van der Waals surface area contributed by atoms with Gasteiger partial charge in [-0.05, 0) is 6.07 Å². The molecule has 1 aromatic carbocycles. The molecule has 0 spiro atoms. The highest BCUT2D eigenvalue weighted by atomic mass is 19.3. The molecule has 0 saturated carbocycles. The van der Waals surface area contributed by atoms with E-state index in [0.29, 0.717) is 12.2 Å². The molecule has 0 aliphatic rings. The Labute approximate surface area is 124 Å². The molecule has 1 aromatic heterocycles. The third-order valence-electron chi connectivity index (χ3n) is 3.01. The number of nitro groups is 1. The van der Waals surface area contributed by atoms with Gasteiger partial charge in [-0.15, -0.1) is 0 Å². The summed E-state index contributed by atoms with van der Waals surface area (Å²) >= 11 is 0. The minimum absolute atomic E-state index is 0.129. The Kier molecular flexibility index (Phi) is 4.87. The van der Waals surface area contributed by atoms with E-state index in [1.807, 2.05) is 0 Å². The third-order valence-corrected chi connectivity index (χ3v) is 3.01. The predicted molar refractivity (Wildman–Crippen MR) is 75.3 cm³/mol. The molecular formula is C13H14F2N4O3. The number of halogens is 2. The van der Waals surface area contributed by atoms with Crippen molar-refractivity contribution in [2.45, 2.75) is 13.0 Å². The lowest BCUT2D eigenvalue weighted by Gasteiger charge is -2.09. The van der Waals surface area contributed by atoms with Crippen molar-refractivity contribution in [3.63, 3.8) is 0 Å². The second kappa shape index (κ2) is 6.83. The molecule has 0 unspecified atom stereocenters. The Bertz CT molecular complexity index is 660. The normalized spacial score (nSPS) is 10.7. The van der Waals surface area contributed by atoms with E-state index in [1.54, 1.807) is 0 Å². The molecule has 0 bridgehead atoms. The number of hydrogen-bond acceptors (Lipinski definition) is 5. The first-order valence-electron chi connectivity index (χ1n) is 6.39. The standard InChI is InChI=1S/C13H14F2N4O3/c1-22-11-8-9(2-3-10(11)19(20)21)16-5-4-12-17-6-7-18(12)13(14)15/h2-3,6-8,13,16H,4-5H2,1H3. The number of rotatable bonds is 7. The Hall–Kier alpha value is -2.71. The zero-order chi connectivity index (χ0) is 16.1. The largest absolute Gasteiger partial charge is 0.490 e. The molecule has 1 N–H and O–H groups in total. The van der Waals surface area contributed by atoms with Crippen molar-refractivity contribution in [2.24, 2.45) is 0 Å². The minimum Gasteiger partial charge on any atom is -0.490 e. The number of ether oxygens (including phenoxy) is 1. The number of nitrogens with zero attached hydrogens (tertiary/aromatic N) is 3. The lowest BCUT2D eigenvalue weighted by Crippen LogP contribution is -2.11. The van der Waals surface area contributed by atoms with Crippen molar-refractivity contribution in [1.29, 1.82) is 0 Å². The SMILES string of the molecule is COc1cc(NCCc2nccn2C(F)F)ccc1[N+](=O)[O-]. The van der Waals surface area contributed by atoms with Crippen LogP contribution in [0.15, 0.2) is 30.6 Å². The summed E-state index contributed by atoms with van der Waals surface area (Å²) in [7, 11) is 1.34. The molecule has 2 aromatic rings. The third kappa shape index (κ3) is 3.48. The smallest absolute Gasteiger partial charge is 0.319 e. The van der Waals surface area contributed by atoms with Crippen LogP contribution >= 0.6 is 0 Å². The van der Waals surface area contributed by atoms with E-state index in [-0.39, 0.29) is 23.7 Å². The Morgan fingerprint density at radius 1 is 1.50 bits per heavy atom. The fraction of sp³-hybridized carbons (Fsp3) is 0.308. The van der Waals surface area contributed by atoms with Gasteiger partial charge in [0.15, 0.2) is 5.75 Å². The average Bonchev–Trinajstić information content (AvgIpc) is 2.95. The number of anilines is 1. The number of hydrogen-bond donors (Lipinski definition) is 1. The first-order chi connectivity index (χ1) is 10.5. The Balaban J connectivity index is 2.00. The molecule has 22 heavy (non-hydrogen) atoms. The lowest BCUT2D eigenvalue weighted by atomic mass is 10.2. The van der Waals surface area contributed by atoms with Gasteiger partial charge in [-0.25, -0.2) is 4.98 Å². The highest BCUT2D eigenvalue weighted by Crippen LogP contribution is 2.29. The van der Waals surface area contributed by atoms with E-state index < -0.39 is 11.5 Å². The summed E-state index contributed by atoms with van der Waals surface area (Å²) < 4.78 is 31.0. The monoisotopic (exact) mass is 312 g/mol. The lowest BCUT2D eigenvalue weighted by molar-refractivity contribution is -0.385. The van der Waals surface area contributed by atoms with E-state index in [1.165, 1.54) is 37.7 Å². The predicted octanol–water partition coefficient (Wildman–Crippen LogP) is 2.85. The summed E-state index contributed by atoms with van der Waals surface area (Å²) in [4.78, 5) is 14.1. The van der Waals surface area contributed by atoms with Crippen LogP contribution in [0.5, 0.6) is 5.75 Å². The van der Waals surface area contributed by atoms with Crippen molar-refractivity contribution in [3.05, 3.63) is 46.5 Å². The molecule has 0 aliphatic heterocycles. The van der Waals surface area contributed by atoms with Gasteiger partial charge in [0.05, 0.1) is 12.0 Å². The molecule has 1 heterocycles. The van der Waals surface area contributed by atoms with Crippen molar-refractivity contribution in [1.82, 2.24) is 9.55 Å². The molecular weight excluding hydrogens is 298 g/mol. The van der Waals surface area contributed by atoms with Gasteiger partial charge < -0.3 is 10.1 Å². The van der Waals surface area contributed by atoms with E-state index in [0.717, 1.165) is 4.57 Å². The topological polar surface area (TPSA) is 82.2 Å². The van der Waals surface area contributed by atoms with Gasteiger partial charge in [0.25, 0.3) is 0 Å². The first-order valence-corrected chi connectivity index (χ1v) is 6.39. The van der Waals surface area contributed by atoms with Crippen molar-refractivity contribution < 1.29 is 18.4 Å². The summed E-state index contributed by atoms with van der Waals surface area (Å²) in [5.74, 6) is 0.389. The zero-order valence-electron chi connectivity index (χ0n) is 11.7. The number of nitrogens with one attached hydrogen (secondary N) is 1. The summed E-state index contributed by atoms with van der Waals surface area (Å²) in [6.07, 6.45) is 2.82. The number of aromatic nitrogens is 2.